The number of rotatable bonds is 7. The number of hydrogen-bond donors (Lipinski definition) is 3. The fourth-order valence-electron chi connectivity index (χ4n) is 6.53. The number of aryl methyl sites for hydroxylation is 1. The molecule has 2 atom stereocenters. The quantitative estimate of drug-likeness (QED) is 0.483. The van der Waals surface area contributed by atoms with Gasteiger partial charge in [0.2, 0.25) is 10.0 Å². The summed E-state index contributed by atoms with van der Waals surface area (Å²) in [5.74, 6) is 0.742. The Kier molecular flexibility index (Phi) is 7.04. The third-order valence-corrected chi connectivity index (χ3v) is 10.5. The number of amides is 1. The molecule has 0 saturated heterocycles. The van der Waals surface area contributed by atoms with E-state index in [1.807, 2.05) is 0 Å². The van der Waals surface area contributed by atoms with Gasteiger partial charge in [0.25, 0.3) is 5.91 Å². The van der Waals surface area contributed by atoms with Crippen LogP contribution in [-0.2, 0) is 17.1 Å². The van der Waals surface area contributed by atoms with Gasteiger partial charge in [0.15, 0.2) is 0 Å². The van der Waals surface area contributed by atoms with Crippen molar-refractivity contribution < 1.29 is 17.6 Å². The second kappa shape index (κ2) is 9.95. The number of nitrogens with zero attached hydrogens (tertiary/aromatic N) is 2. The van der Waals surface area contributed by atoms with Crippen LogP contribution in [0, 0.1) is 23.6 Å². The van der Waals surface area contributed by atoms with E-state index in [0.717, 1.165) is 51.4 Å². The number of fused-ring (bicyclic) bond motifs is 1. The van der Waals surface area contributed by atoms with E-state index in [1.54, 1.807) is 7.05 Å². The lowest BCUT2D eigenvalue weighted by molar-refractivity contribution is 0.102. The first-order chi connectivity index (χ1) is 17.1. The topological polar surface area (TPSA) is 119 Å². The molecule has 3 aliphatic rings. The van der Waals surface area contributed by atoms with Crippen molar-refractivity contribution in [2.24, 2.45) is 24.8 Å². The predicted molar refractivity (Wildman–Crippen MR) is 138 cm³/mol. The molecule has 0 aliphatic heterocycles. The minimum absolute atomic E-state index is 0.0733. The number of aromatic nitrogens is 2. The lowest BCUT2D eigenvalue weighted by Gasteiger charge is -2.17. The van der Waals surface area contributed by atoms with Crippen molar-refractivity contribution in [2.45, 2.75) is 62.5 Å². The van der Waals surface area contributed by atoms with Gasteiger partial charge in [-0.05, 0) is 74.5 Å². The van der Waals surface area contributed by atoms with Gasteiger partial charge in [-0.25, -0.2) is 17.5 Å². The molecule has 8 nitrogen and oxygen atoms in total. The summed E-state index contributed by atoms with van der Waals surface area (Å²) in [5, 5.41) is 7.06. The molecule has 0 bridgehead atoms. The Morgan fingerprint density at radius 3 is 2.50 bits per heavy atom. The van der Waals surface area contributed by atoms with Crippen molar-refractivity contribution in [3.05, 3.63) is 40.3 Å². The average Bonchev–Trinajstić information content (AvgIpc) is 3.60. The smallest absolute Gasteiger partial charge is 0.261 e. The highest BCUT2D eigenvalue weighted by molar-refractivity contribution is 7.90. The van der Waals surface area contributed by atoms with Gasteiger partial charge in [0.05, 0.1) is 16.0 Å². The Labute approximate surface area is 216 Å². The van der Waals surface area contributed by atoms with Gasteiger partial charge in [-0.15, -0.1) is 0 Å². The van der Waals surface area contributed by atoms with Gasteiger partial charge in [0, 0.05) is 25.2 Å². The number of sulfonamides is 1. The highest BCUT2D eigenvalue weighted by atomic mass is 35.5. The lowest BCUT2D eigenvalue weighted by Crippen LogP contribution is -2.35. The number of nitrogens with two attached hydrogens (primary N) is 1. The highest BCUT2D eigenvalue weighted by Crippen LogP contribution is 2.53. The first-order valence-corrected chi connectivity index (χ1v) is 14.6. The molecular weight excluding hydrogens is 505 g/mol. The van der Waals surface area contributed by atoms with Crippen LogP contribution in [-0.4, -0.2) is 35.9 Å². The summed E-state index contributed by atoms with van der Waals surface area (Å²) in [4.78, 5) is 13.2. The van der Waals surface area contributed by atoms with Gasteiger partial charge in [-0.1, -0.05) is 24.4 Å². The van der Waals surface area contributed by atoms with E-state index in [9.17, 15) is 17.6 Å². The van der Waals surface area contributed by atoms with Crippen LogP contribution >= 0.6 is 11.6 Å². The molecule has 3 aliphatic carbocycles. The van der Waals surface area contributed by atoms with Crippen LogP contribution in [0.3, 0.4) is 0 Å². The van der Waals surface area contributed by atoms with Crippen molar-refractivity contribution in [3.63, 3.8) is 0 Å². The van der Waals surface area contributed by atoms with Crippen molar-refractivity contribution >= 4 is 39.0 Å². The summed E-state index contributed by atoms with van der Waals surface area (Å²) in [6.45, 7) is 0.515. The fourth-order valence-corrected chi connectivity index (χ4v) is 8.36. The Morgan fingerprint density at radius 2 is 1.86 bits per heavy atom. The zero-order valence-electron chi connectivity index (χ0n) is 20.3. The van der Waals surface area contributed by atoms with E-state index >= 15 is 0 Å². The fraction of sp³-hybridized carbons (Fsp3) is 0.600. The number of carbonyl (C=O) groups is 1. The maximum Gasteiger partial charge on any atom is 0.261 e. The summed E-state index contributed by atoms with van der Waals surface area (Å²) >= 11 is 5.85. The molecule has 36 heavy (non-hydrogen) atoms. The van der Waals surface area contributed by atoms with Crippen molar-refractivity contribution in [1.82, 2.24) is 14.5 Å². The molecule has 3 saturated carbocycles. The number of carbonyl (C=O) groups excluding carboxylic acids is 1. The van der Waals surface area contributed by atoms with Crippen LogP contribution in [0.5, 0.6) is 0 Å². The third kappa shape index (κ3) is 4.99. The molecular formula is C25H33ClFN5O3S. The lowest BCUT2D eigenvalue weighted by atomic mass is 9.93. The van der Waals surface area contributed by atoms with E-state index in [0.29, 0.717) is 41.2 Å². The molecule has 3 fully saturated rings. The maximum atomic E-state index is 13.5. The predicted octanol–water partition coefficient (Wildman–Crippen LogP) is 4.43. The van der Waals surface area contributed by atoms with Crippen molar-refractivity contribution in [3.8, 4) is 0 Å². The normalized spacial score (nSPS) is 26.4. The molecule has 2 unspecified atom stereocenters. The van der Waals surface area contributed by atoms with E-state index in [2.05, 4.69) is 15.1 Å². The molecule has 4 N–H and O–H groups in total. The summed E-state index contributed by atoms with van der Waals surface area (Å²) < 4.78 is 43.1. The van der Waals surface area contributed by atoms with E-state index < -0.39 is 21.7 Å². The van der Waals surface area contributed by atoms with Gasteiger partial charge in [-0.3, -0.25) is 9.48 Å². The minimum Gasteiger partial charge on any atom is -0.383 e. The van der Waals surface area contributed by atoms with E-state index in [-0.39, 0.29) is 22.0 Å². The summed E-state index contributed by atoms with van der Waals surface area (Å²) in [6.07, 6.45) is 7.28. The number of anilines is 2. The standard InChI is InChI=1S/C25H33ClFN5O3S/c1-32-24(28)22(25(33)30-18-6-7-21(27)20(26)12-18)23(31-32)17-10-15-8-14(9-16(15)11-17)13-29-36(34,35)19-4-2-3-5-19/h6-7,12,14-17,19,29H,2-5,8-11,13,28H2,1H3,(H,30,33). The average molecular weight is 538 g/mol. The molecule has 1 heterocycles. The molecule has 2 aromatic rings. The Balaban J connectivity index is 1.23. The zero-order valence-corrected chi connectivity index (χ0v) is 21.9. The van der Waals surface area contributed by atoms with Crippen LogP contribution in [0.2, 0.25) is 5.02 Å². The van der Waals surface area contributed by atoms with E-state index in [1.165, 1.54) is 22.9 Å². The molecule has 1 aromatic carbocycles. The van der Waals surface area contributed by atoms with E-state index in [4.69, 9.17) is 17.3 Å². The van der Waals surface area contributed by atoms with Gasteiger partial charge < -0.3 is 11.1 Å². The van der Waals surface area contributed by atoms with Crippen molar-refractivity contribution in [2.75, 3.05) is 17.6 Å². The molecule has 11 heteroatoms. The van der Waals surface area contributed by atoms with Gasteiger partial charge >= 0.3 is 0 Å². The summed E-state index contributed by atoms with van der Waals surface area (Å²) in [7, 11) is -1.51. The zero-order chi connectivity index (χ0) is 25.6. The molecule has 5 rings (SSSR count). The third-order valence-electron chi connectivity index (χ3n) is 8.34. The van der Waals surface area contributed by atoms with Crippen molar-refractivity contribution in [1.29, 1.82) is 0 Å². The van der Waals surface area contributed by atoms with Crippen LogP contribution in [0.25, 0.3) is 0 Å². The first-order valence-electron chi connectivity index (χ1n) is 12.7. The molecule has 1 aromatic heterocycles. The number of halogens is 2. The molecule has 0 spiro atoms. The largest absolute Gasteiger partial charge is 0.383 e. The second-order valence-corrected chi connectivity index (χ2v) is 13.1. The number of nitrogen functional groups attached to an aromatic ring is 1. The summed E-state index contributed by atoms with van der Waals surface area (Å²) in [6, 6.07) is 4.02. The van der Waals surface area contributed by atoms with Crippen LogP contribution in [0.4, 0.5) is 15.9 Å². The minimum atomic E-state index is -3.22. The number of hydrogen-bond acceptors (Lipinski definition) is 5. The highest BCUT2D eigenvalue weighted by Gasteiger charge is 2.44. The number of benzene rings is 1. The Hall–Kier alpha value is -2.17. The van der Waals surface area contributed by atoms with Gasteiger partial charge in [0.1, 0.15) is 17.2 Å². The molecule has 1 amide bonds. The van der Waals surface area contributed by atoms with Crippen LogP contribution in [0.15, 0.2) is 18.2 Å². The van der Waals surface area contributed by atoms with Crippen LogP contribution in [0.1, 0.15) is 73.3 Å². The first kappa shape index (κ1) is 25.5. The SMILES string of the molecule is Cn1nc(C2CC3CC(CNS(=O)(=O)C4CCCC4)CC3C2)c(C(=O)Nc2ccc(F)c(Cl)c2)c1N. The summed E-state index contributed by atoms with van der Waals surface area (Å²) in [5.41, 5.74) is 7.66. The number of nitrogens with one attached hydrogen (secondary N) is 2. The van der Waals surface area contributed by atoms with Gasteiger partial charge in [-0.2, -0.15) is 5.10 Å². The molecule has 196 valence electrons. The maximum absolute atomic E-state index is 13.5. The Bertz CT molecular complexity index is 1250. The van der Waals surface area contributed by atoms with Crippen LogP contribution < -0.4 is 15.8 Å². The Morgan fingerprint density at radius 1 is 1.19 bits per heavy atom. The monoisotopic (exact) mass is 537 g/mol. The molecule has 0 radical (unpaired) electrons. The second-order valence-electron chi connectivity index (χ2n) is 10.7.